The SMILES string of the molecule is C=C(c1cc(C)ccc1F)C1CCN(C(=NC2=C(C)CCN(C(=C)C)C2)C(C)C)CC1. The number of aryl methyl sites for hydroxylation is 1. The van der Waals surface area contributed by atoms with Gasteiger partial charge in [0, 0.05) is 36.8 Å². The molecule has 0 atom stereocenters. The zero-order chi connectivity index (χ0) is 22.7. The van der Waals surface area contributed by atoms with Crippen molar-refractivity contribution in [2.75, 3.05) is 26.2 Å². The lowest BCUT2D eigenvalue weighted by molar-refractivity contribution is 0.293. The number of nitrogens with zero attached hydrogens (tertiary/aromatic N) is 3. The van der Waals surface area contributed by atoms with Crippen LogP contribution in [-0.2, 0) is 0 Å². The fourth-order valence-electron chi connectivity index (χ4n) is 4.56. The van der Waals surface area contributed by atoms with Crippen molar-refractivity contribution in [1.29, 1.82) is 0 Å². The van der Waals surface area contributed by atoms with Crippen molar-refractivity contribution in [2.45, 2.75) is 53.9 Å². The lowest BCUT2D eigenvalue weighted by Crippen LogP contribution is -2.41. The van der Waals surface area contributed by atoms with Crippen LogP contribution < -0.4 is 0 Å². The van der Waals surface area contributed by atoms with E-state index in [0.29, 0.717) is 17.4 Å². The number of halogens is 1. The maximum Gasteiger partial charge on any atom is 0.130 e. The molecule has 0 aromatic heterocycles. The van der Waals surface area contributed by atoms with Gasteiger partial charge in [-0.05, 0) is 69.2 Å². The quantitative estimate of drug-likeness (QED) is 0.401. The van der Waals surface area contributed by atoms with Gasteiger partial charge in [0.05, 0.1) is 12.2 Å². The van der Waals surface area contributed by atoms with Crippen LogP contribution in [-0.4, -0.2) is 41.8 Å². The van der Waals surface area contributed by atoms with E-state index in [9.17, 15) is 4.39 Å². The van der Waals surface area contributed by atoms with Gasteiger partial charge in [-0.1, -0.05) is 38.6 Å². The highest BCUT2D eigenvalue weighted by molar-refractivity contribution is 5.85. The Morgan fingerprint density at radius 1 is 1.10 bits per heavy atom. The van der Waals surface area contributed by atoms with Crippen molar-refractivity contribution in [3.63, 3.8) is 0 Å². The molecule has 1 aromatic rings. The van der Waals surface area contributed by atoms with Gasteiger partial charge in [-0.3, -0.25) is 0 Å². The van der Waals surface area contributed by atoms with Crippen LogP contribution >= 0.6 is 0 Å². The number of amidine groups is 1. The van der Waals surface area contributed by atoms with Crippen molar-refractivity contribution in [3.8, 4) is 0 Å². The third kappa shape index (κ3) is 5.47. The van der Waals surface area contributed by atoms with Crippen LogP contribution in [0.2, 0.25) is 0 Å². The smallest absolute Gasteiger partial charge is 0.130 e. The number of hydrogen-bond acceptors (Lipinski definition) is 2. The summed E-state index contributed by atoms with van der Waals surface area (Å²) in [7, 11) is 0. The summed E-state index contributed by atoms with van der Waals surface area (Å²) >= 11 is 0. The molecule has 2 heterocycles. The van der Waals surface area contributed by atoms with Crippen molar-refractivity contribution in [2.24, 2.45) is 16.8 Å². The van der Waals surface area contributed by atoms with Crippen LogP contribution in [0.4, 0.5) is 4.39 Å². The summed E-state index contributed by atoms with van der Waals surface area (Å²) in [6.45, 7) is 22.9. The Morgan fingerprint density at radius 2 is 1.77 bits per heavy atom. The third-order valence-electron chi connectivity index (χ3n) is 6.68. The van der Waals surface area contributed by atoms with Crippen LogP contribution in [0, 0.1) is 24.6 Å². The minimum Gasteiger partial charge on any atom is -0.369 e. The standard InChI is InChI=1S/C27H38FN3/c1-18(2)27(29-26-17-31(19(3)4)13-10-21(26)6)30-14-11-23(12-15-30)22(7)24-16-20(5)8-9-25(24)28/h8-9,16,18,23H,3,7,10-15,17H2,1-2,4-6H3. The molecule has 0 bridgehead atoms. The first kappa shape index (κ1) is 23.3. The van der Waals surface area contributed by atoms with E-state index in [1.165, 1.54) is 17.1 Å². The maximum atomic E-state index is 14.4. The van der Waals surface area contributed by atoms with Gasteiger partial charge in [-0.15, -0.1) is 0 Å². The lowest BCUT2D eigenvalue weighted by Gasteiger charge is -2.37. The maximum absolute atomic E-state index is 14.4. The van der Waals surface area contributed by atoms with Gasteiger partial charge in [-0.2, -0.15) is 0 Å². The van der Waals surface area contributed by atoms with Crippen LogP contribution in [0.15, 0.2) is 53.3 Å². The molecule has 2 aliphatic heterocycles. The van der Waals surface area contributed by atoms with Crippen molar-refractivity contribution in [3.05, 3.63) is 65.3 Å². The van der Waals surface area contributed by atoms with Crippen molar-refractivity contribution in [1.82, 2.24) is 9.80 Å². The van der Waals surface area contributed by atoms with Gasteiger partial charge in [0.15, 0.2) is 0 Å². The van der Waals surface area contributed by atoms with E-state index >= 15 is 0 Å². The fraction of sp³-hybridized carbons (Fsp3) is 0.519. The predicted molar refractivity (Wildman–Crippen MR) is 130 cm³/mol. The molecule has 0 spiro atoms. The van der Waals surface area contributed by atoms with E-state index in [1.807, 2.05) is 19.1 Å². The summed E-state index contributed by atoms with van der Waals surface area (Å²) in [5.74, 6) is 1.68. The number of benzene rings is 1. The fourth-order valence-corrected chi connectivity index (χ4v) is 4.56. The molecule has 0 aliphatic carbocycles. The number of likely N-dealkylation sites (tertiary alicyclic amines) is 1. The van der Waals surface area contributed by atoms with Crippen molar-refractivity contribution >= 4 is 11.4 Å². The lowest BCUT2D eigenvalue weighted by atomic mass is 9.85. The van der Waals surface area contributed by atoms with Gasteiger partial charge < -0.3 is 9.80 Å². The zero-order valence-electron chi connectivity index (χ0n) is 20.0. The predicted octanol–water partition coefficient (Wildman–Crippen LogP) is 6.43. The zero-order valence-corrected chi connectivity index (χ0v) is 20.0. The Kier molecular flexibility index (Phi) is 7.40. The van der Waals surface area contributed by atoms with Gasteiger partial charge in [0.25, 0.3) is 0 Å². The van der Waals surface area contributed by atoms with E-state index in [4.69, 9.17) is 4.99 Å². The number of allylic oxidation sites excluding steroid dienone is 2. The average molecular weight is 424 g/mol. The van der Waals surface area contributed by atoms with E-state index in [0.717, 1.165) is 62.3 Å². The number of aliphatic imine (C=N–C) groups is 1. The number of hydrogen-bond donors (Lipinski definition) is 0. The first-order valence-electron chi connectivity index (χ1n) is 11.5. The summed E-state index contributed by atoms with van der Waals surface area (Å²) in [4.78, 5) is 9.93. The van der Waals surface area contributed by atoms with Gasteiger partial charge in [-0.25, -0.2) is 9.38 Å². The first-order valence-corrected chi connectivity index (χ1v) is 11.5. The molecular formula is C27H38FN3. The molecule has 0 unspecified atom stereocenters. The summed E-state index contributed by atoms with van der Waals surface area (Å²) in [5.41, 5.74) is 6.36. The highest BCUT2D eigenvalue weighted by Gasteiger charge is 2.27. The number of piperidine rings is 1. The number of rotatable bonds is 5. The van der Waals surface area contributed by atoms with Gasteiger partial charge in [0.1, 0.15) is 11.7 Å². The van der Waals surface area contributed by atoms with Crippen LogP contribution in [0.3, 0.4) is 0 Å². The highest BCUT2D eigenvalue weighted by Crippen LogP contribution is 2.33. The Hall–Kier alpha value is -2.36. The largest absolute Gasteiger partial charge is 0.369 e. The van der Waals surface area contributed by atoms with E-state index in [1.54, 1.807) is 6.07 Å². The van der Waals surface area contributed by atoms with E-state index in [2.05, 4.69) is 50.7 Å². The molecule has 3 rings (SSSR count). The van der Waals surface area contributed by atoms with E-state index < -0.39 is 0 Å². The molecule has 0 amide bonds. The summed E-state index contributed by atoms with van der Waals surface area (Å²) < 4.78 is 14.4. The Bertz CT molecular complexity index is 901. The minimum absolute atomic E-state index is 0.163. The Morgan fingerprint density at radius 3 is 2.39 bits per heavy atom. The monoisotopic (exact) mass is 423 g/mol. The molecule has 4 heteroatoms. The van der Waals surface area contributed by atoms with E-state index in [-0.39, 0.29) is 5.82 Å². The molecule has 1 aromatic carbocycles. The van der Waals surface area contributed by atoms with Crippen LogP contribution in [0.1, 0.15) is 58.1 Å². The Labute approximate surface area is 188 Å². The molecule has 1 saturated heterocycles. The topological polar surface area (TPSA) is 18.8 Å². The second kappa shape index (κ2) is 9.84. The molecule has 2 aliphatic rings. The average Bonchev–Trinajstić information content (AvgIpc) is 2.74. The highest BCUT2D eigenvalue weighted by atomic mass is 19.1. The normalized spacial score (nSPS) is 18.7. The molecular weight excluding hydrogens is 385 g/mol. The van der Waals surface area contributed by atoms with Crippen molar-refractivity contribution < 1.29 is 4.39 Å². The second-order valence-corrected chi connectivity index (χ2v) is 9.53. The third-order valence-corrected chi connectivity index (χ3v) is 6.68. The molecule has 3 nitrogen and oxygen atoms in total. The van der Waals surface area contributed by atoms with Gasteiger partial charge in [0.2, 0.25) is 0 Å². The molecule has 0 radical (unpaired) electrons. The molecule has 1 fully saturated rings. The molecule has 168 valence electrons. The summed E-state index contributed by atoms with van der Waals surface area (Å²) in [6, 6.07) is 5.30. The molecule has 31 heavy (non-hydrogen) atoms. The summed E-state index contributed by atoms with van der Waals surface area (Å²) in [6.07, 6.45) is 3.00. The first-order chi connectivity index (χ1) is 14.7. The molecule has 0 saturated carbocycles. The minimum atomic E-state index is -0.163. The van der Waals surface area contributed by atoms with Crippen LogP contribution in [0.5, 0.6) is 0 Å². The molecule has 0 N–H and O–H groups in total. The Balaban J connectivity index is 1.73. The van der Waals surface area contributed by atoms with Crippen LogP contribution in [0.25, 0.3) is 5.57 Å². The second-order valence-electron chi connectivity index (χ2n) is 9.53. The van der Waals surface area contributed by atoms with Gasteiger partial charge >= 0.3 is 0 Å². The summed E-state index contributed by atoms with van der Waals surface area (Å²) in [5, 5.41) is 0.